The van der Waals surface area contributed by atoms with Crippen molar-refractivity contribution in [3.8, 4) is 0 Å². The van der Waals surface area contributed by atoms with Gasteiger partial charge < -0.3 is 10.0 Å². The van der Waals surface area contributed by atoms with Gasteiger partial charge in [-0.1, -0.05) is 29.3 Å². The highest BCUT2D eigenvalue weighted by Crippen LogP contribution is 2.26. The Labute approximate surface area is 120 Å². The maximum Gasteiger partial charge on any atom is 0.326 e. The molecule has 1 aliphatic heterocycles. The van der Waals surface area contributed by atoms with Crippen LogP contribution in [0.4, 0.5) is 0 Å². The van der Waals surface area contributed by atoms with E-state index in [2.05, 4.69) is 0 Å². The molecular formula is C13H13Cl2NO3. The van der Waals surface area contributed by atoms with Gasteiger partial charge in [-0.3, -0.25) is 4.79 Å². The van der Waals surface area contributed by atoms with Crippen molar-refractivity contribution in [3.63, 3.8) is 0 Å². The van der Waals surface area contributed by atoms with Crippen LogP contribution in [-0.4, -0.2) is 34.5 Å². The molecule has 0 spiro atoms. The number of rotatable bonds is 3. The Morgan fingerprint density at radius 1 is 1.32 bits per heavy atom. The zero-order chi connectivity index (χ0) is 14.0. The molecule has 1 heterocycles. The molecule has 4 nitrogen and oxygen atoms in total. The summed E-state index contributed by atoms with van der Waals surface area (Å²) in [5, 5.41) is 9.91. The Bertz CT molecular complexity index is 498. The fourth-order valence-corrected chi connectivity index (χ4v) is 2.81. The number of carbonyl (C=O) groups is 2. The molecule has 0 bridgehead atoms. The number of nitrogens with zero attached hydrogens (tertiary/aromatic N) is 1. The lowest BCUT2D eigenvalue weighted by Crippen LogP contribution is -2.41. The molecule has 0 saturated carbocycles. The van der Waals surface area contributed by atoms with E-state index < -0.39 is 12.0 Å². The van der Waals surface area contributed by atoms with Crippen molar-refractivity contribution in [2.45, 2.75) is 25.3 Å². The average Bonchev–Trinajstić information content (AvgIpc) is 2.83. The molecule has 1 aromatic rings. The van der Waals surface area contributed by atoms with Crippen LogP contribution in [0.5, 0.6) is 0 Å². The number of amides is 1. The number of aliphatic carboxylic acids is 1. The first-order valence-corrected chi connectivity index (χ1v) is 6.71. The van der Waals surface area contributed by atoms with Gasteiger partial charge in [-0.25, -0.2) is 4.79 Å². The molecule has 1 amide bonds. The third kappa shape index (κ3) is 3.01. The summed E-state index contributed by atoms with van der Waals surface area (Å²) in [5.41, 5.74) is 0.548. The summed E-state index contributed by atoms with van der Waals surface area (Å²) in [6, 6.07) is 4.30. The predicted octanol–water partition coefficient (Wildman–Crippen LogP) is 2.61. The Morgan fingerprint density at radius 3 is 2.53 bits per heavy atom. The highest BCUT2D eigenvalue weighted by molar-refractivity contribution is 6.36. The normalized spacial score (nSPS) is 18.6. The van der Waals surface area contributed by atoms with E-state index in [1.165, 1.54) is 4.90 Å². The molecule has 0 aliphatic carbocycles. The molecule has 1 aliphatic rings. The number of benzene rings is 1. The summed E-state index contributed by atoms with van der Waals surface area (Å²) in [7, 11) is 0. The summed E-state index contributed by atoms with van der Waals surface area (Å²) in [6.07, 6.45) is 1.23. The fourth-order valence-electron chi connectivity index (χ4n) is 2.28. The number of carboxylic acid groups (broad SMARTS) is 1. The van der Waals surface area contributed by atoms with Crippen molar-refractivity contribution in [1.29, 1.82) is 0 Å². The van der Waals surface area contributed by atoms with Crippen LogP contribution in [0.1, 0.15) is 18.4 Å². The van der Waals surface area contributed by atoms with Crippen LogP contribution in [0.2, 0.25) is 10.0 Å². The highest BCUT2D eigenvalue weighted by Gasteiger charge is 2.34. The monoisotopic (exact) mass is 301 g/mol. The molecule has 1 fully saturated rings. The van der Waals surface area contributed by atoms with Gasteiger partial charge in [-0.2, -0.15) is 0 Å². The molecule has 1 N–H and O–H groups in total. The molecule has 0 radical (unpaired) electrons. The van der Waals surface area contributed by atoms with Crippen LogP contribution in [0.15, 0.2) is 18.2 Å². The van der Waals surface area contributed by atoms with Crippen LogP contribution >= 0.6 is 23.2 Å². The molecule has 0 aromatic heterocycles. The fraction of sp³-hybridized carbons (Fsp3) is 0.385. The Balaban J connectivity index is 2.15. The number of hydrogen-bond acceptors (Lipinski definition) is 2. The molecule has 1 unspecified atom stereocenters. The lowest BCUT2D eigenvalue weighted by molar-refractivity contribution is -0.147. The topological polar surface area (TPSA) is 57.6 Å². The zero-order valence-electron chi connectivity index (χ0n) is 10.1. The van der Waals surface area contributed by atoms with E-state index in [-0.39, 0.29) is 12.3 Å². The van der Waals surface area contributed by atoms with Crippen molar-refractivity contribution < 1.29 is 14.7 Å². The first-order chi connectivity index (χ1) is 9.00. The summed E-state index contributed by atoms with van der Waals surface area (Å²) in [4.78, 5) is 24.6. The average molecular weight is 302 g/mol. The maximum atomic E-state index is 12.2. The molecule has 1 atom stereocenters. The van der Waals surface area contributed by atoms with Crippen molar-refractivity contribution >= 4 is 35.1 Å². The summed E-state index contributed by atoms with van der Waals surface area (Å²) < 4.78 is 0. The third-order valence-corrected chi connectivity index (χ3v) is 3.96. The van der Waals surface area contributed by atoms with Crippen molar-refractivity contribution in [3.05, 3.63) is 33.8 Å². The number of carboxylic acids is 1. The van der Waals surface area contributed by atoms with Gasteiger partial charge in [-0.15, -0.1) is 0 Å². The summed E-state index contributed by atoms with van der Waals surface area (Å²) in [5.74, 6) is -1.21. The van der Waals surface area contributed by atoms with Gasteiger partial charge in [0.15, 0.2) is 0 Å². The van der Waals surface area contributed by atoms with Gasteiger partial charge in [0, 0.05) is 16.6 Å². The molecule has 19 heavy (non-hydrogen) atoms. The summed E-state index contributed by atoms with van der Waals surface area (Å²) in [6.45, 7) is 0.470. The quantitative estimate of drug-likeness (QED) is 0.933. The first-order valence-electron chi connectivity index (χ1n) is 5.96. The van der Waals surface area contributed by atoms with E-state index >= 15 is 0 Å². The predicted molar refractivity (Wildman–Crippen MR) is 72.5 cm³/mol. The van der Waals surface area contributed by atoms with Gasteiger partial charge in [0.2, 0.25) is 5.91 Å². The van der Waals surface area contributed by atoms with E-state index in [1.807, 2.05) is 0 Å². The number of halogens is 2. The van der Waals surface area contributed by atoms with E-state index in [1.54, 1.807) is 18.2 Å². The van der Waals surface area contributed by atoms with Gasteiger partial charge in [-0.05, 0) is 30.5 Å². The van der Waals surface area contributed by atoms with Gasteiger partial charge in [0.1, 0.15) is 6.04 Å². The van der Waals surface area contributed by atoms with Crippen LogP contribution in [0, 0.1) is 0 Å². The zero-order valence-corrected chi connectivity index (χ0v) is 11.6. The second-order valence-electron chi connectivity index (χ2n) is 4.46. The molecular weight excluding hydrogens is 289 g/mol. The van der Waals surface area contributed by atoms with Crippen molar-refractivity contribution in [2.24, 2.45) is 0 Å². The molecule has 6 heteroatoms. The molecule has 102 valence electrons. The SMILES string of the molecule is O=C(O)C1CCCN1C(=O)Cc1c(Cl)cccc1Cl. The van der Waals surface area contributed by atoms with E-state index in [0.29, 0.717) is 35.0 Å². The van der Waals surface area contributed by atoms with E-state index in [0.717, 1.165) is 0 Å². The molecule has 1 saturated heterocycles. The van der Waals surface area contributed by atoms with Gasteiger partial charge in [0.05, 0.1) is 6.42 Å². The lowest BCUT2D eigenvalue weighted by Gasteiger charge is -2.21. The standard InChI is InChI=1S/C13H13Cl2NO3/c14-9-3-1-4-10(15)8(9)7-12(17)16-6-2-5-11(16)13(18)19/h1,3-4,11H,2,5-7H2,(H,18,19). The minimum Gasteiger partial charge on any atom is -0.480 e. The van der Waals surface area contributed by atoms with Crippen LogP contribution in [0.25, 0.3) is 0 Å². The maximum absolute atomic E-state index is 12.2. The largest absolute Gasteiger partial charge is 0.480 e. The third-order valence-electron chi connectivity index (χ3n) is 3.25. The van der Waals surface area contributed by atoms with Gasteiger partial charge in [0.25, 0.3) is 0 Å². The minimum absolute atomic E-state index is 0.0300. The Morgan fingerprint density at radius 2 is 1.95 bits per heavy atom. The number of likely N-dealkylation sites (tertiary alicyclic amines) is 1. The van der Waals surface area contributed by atoms with Crippen LogP contribution in [-0.2, 0) is 16.0 Å². The summed E-state index contributed by atoms with van der Waals surface area (Å²) >= 11 is 12.0. The van der Waals surface area contributed by atoms with Gasteiger partial charge >= 0.3 is 5.97 Å². The van der Waals surface area contributed by atoms with Crippen LogP contribution in [0.3, 0.4) is 0 Å². The minimum atomic E-state index is -0.962. The second kappa shape index (κ2) is 5.80. The first kappa shape index (κ1) is 14.2. The van der Waals surface area contributed by atoms with Crippen molar-refractivity contribution in [2.75, 3.05) is 6.54 Å². The van der Waals surface area contributed by atoms with Crippen molar-refractivity contribution in [1.82, 2.24) is 4.90 Å². The Hall–Kier alpha value is -1.26. The second-order valence-corrected chi connectivity index (χ2v) is 5.27. The Kier molecular flexibility index (Phi) is 4.32. The smallest absolute Gasteiger partial charge is 0.326 e. The number of hydrogen-bond donors (Lipinski definition) is 1. The lowest BCUT2D eigenvalue weighted by atomic mass is 10.1. The molecule has 2 rings (SSSR count). The van der Waals surface area contributed by atoms with Crippen LogP contribution < -0.4 is 0 Å². The van der Waals surface area contributed by atoms with E-state index in [9.17, 15) is 9.59 Å². The highest BCUT2D eigenvalue weighted by atomic mass is 35.5. The van der Waals surface area contributed by atoms with E-state index in [4.69, 9.17) is 28.3 Å². The number of carbonyl (C=O) groups excluding carboxylic acids is 1. The molecule has 1 aromatic carbocycles.